The molecule has 0 spiro atoms. The molecule has 0 aromatic carbocycles. The quantitative estimate of drug-likeness (QED) is 0.697. The van der Waals surface area contributed by atoms with Gasteiger partial charge in [-0.1, -0.05) is 13.8 Å². The van der Waals surface area contributed by atoms with Crippen LogP contribution in [0.1, 0.15) is 40.0 Å². The predicted octanol–water partition coefficient (Wildman–Crippen LogP) is 1.04. The van der Waals surface area contributed by atoms with Gasteiger partial charge in [-0.05, 0) is 25.7 Å². The molecule has 1 heterocycles. The number of carboxylic acid groups (broad SMARTS) is 1. The Balaban J connectivity index is 2.50. The van der Waals surface area contributed by atoms with Crippen molar-refractivity contribution >= 4 is 12.0 Å². The average Bonchev–Trinajstić information content (AvgIpc) is 2.69. The maximum absolute atomic E-state index is 12.0. The zero-order valence-electron chi connectivity index (χ0n) is 11.8. The standard InChI is InChI=1S/C13H24N2O4/c1-8(2)4-5-9(3)14-13(19)15-7-10(16)6-11(15)12(17)18/h8-11,16H,4-7H2,1-3H3,(H,14,19)(H,17,18)/t9?,10?,11-/m0/s1. The van der Waals surface area contributed by atoms with Crippen LogP contribution < -0.4 is 5.32 Å². The van der Waals surface area contributed by atoms with Crippen LogP contribution in [0, 0.1) is 5.92 Å². The lowest BCUT2D eigenvalue weighted by Gasteiger charge is -2.24. The summed E-state index contributed by atoms with van der Waals surface area (Å²) in [5.74, 6) is -0.499. The molecular weight excluding hydrogens is 248 g/mol. The van der Waals surface area contributed by atoms with Crippen molar-refractivity contribution in [2.24, 2.45) is 5.92 Å². The second kappa shape index (κ2) is 6.75. The summed E-state index contributed by atoms with van der Waals surface area (Å²) in [6, 6.07) is -1.32. The van der Waals surface area contributed by atoms with E-state index in [9.17, 15) is 14.7 Å². The average molecular weight is 272 g/mol. The Morgan fingerprint density at radius 2 is 1.95 bits per heavy atom. The first-order chi connectivity index (χ1) is 8.81. The second-order valence-corrected chi connectivity index (χ2v) is 5.72. The Bertz CT molecular complexity index is 333. The first kappa shape index (κ1) is 15.8. The molecule has 2 unspecified atom stereocenters. The number of hydrogen-bond donors (Lipinski definition) is 3. The molecule has 19 heavy (non-hydrogen) atoms. The third-order valence-electron chi connectivity index (χ3n) is 3.37. The van der Waals surface area contributed by atoms with Crippen LogP contribution in [0.4, 0.5) is 4.79 Å². The number of carbonyl (C=O) groups is 2. The molecule has 0 radical (unpaired) electrons. The minimum atomic E-state index is -1.07. The Labute approximate surface area is 113 Å². The van der Waals surface area contributed by atoms with Crippen LogP contribution in [-0.4, -0.2) is 51.8 Å². The van der Waals surface area contributed by atoms with Gasteiger partial charge in [-0.25, -0.2) is 9.59 Å². The monoisotopic (exact) mass is 272 g/mol. The first-order valence-corrected chi connectivity index (χ1v) is 6.79. The number of nitrogens with one attached hydrogen (secondary N) is 1. The van der Waals surface area contributed by atoms with E-state index in [4.69, 9.17) is 5.11 Å². The molecule has 6 heteroatoms. The van der Waals surface area contributed by atoms with E-state index >= 15 is 0 Å². The fourth-order valence-electron chi connectivity index (χ4n) is 2.22. The molecule has 0 bridgehead atoms. The van der Waals surface area contributed by atoms with E-state index in [1.54, 1.807) is 0 Å². The van der Waals surface area contributed by atoms with Crippen molar-refractivity contribution in [1.82, 2.24) is 10.2 Å². The number of nitrogens with zero attached hydrogens (tertiary/aromatic N) is 1. The number of urea groups is 1. The number of hydrogen-bond acceptors (Lipinski definition) is 3. The normalized spacial score (nSPS) is 24.6. The molecule has 110 valence electrons. The van der Waals surface area contributed by atoms with Gasteiger partial charge in [0.1, 0.15) is 6.04 Å². The molecule has 1 fully saturated rings. The van der Waals surface area contributed by atoms with E-state index in [-0.39, 0.29) is 19.0 Å². The molecule has 1 aliphatic heterocycles. The van der Waals surface area contributed by atoms with Crippen molar-refractivity contribution in [2.45, 2.75) is 58.2 Å². The van der Waals surface area contributed by atoms with Crippen molar-refractivity contribution in [1.29, 1.82) is 0 Å². The van der Waals surface area contributed by atoms with Crippen LogP contribution in [0.25, 0.3) is 0 Å². The number of carboxylic acids is 1. The molecule has 1 rings (SSSR count). The lowest BCUT2D eigenvalue weighted by molar-refractivity contribution is -0.141. The molecule has 6 nitrogen and oxygen atoms in total. The van der Waals surface area contributed by atoms with Crippen LogP contribution in [0.15, 0.2) is 0 Å². The highest BCUT2D eigenvalue weighted by Crippen LogP contribution is 2.18. The van der Waals surface area contributed by atoms with E-state index in [2.05, 4.69) is 19.2 Å². The second-order valence-electron chi connectivity index (χ2n) is 5.72. The maximum Gasteiger partial charge on any atom is 0.326 e. The van der Waals surface area contributed by atoms with Crippen molar-refractivity contribution in [3.8, 4) is 0 Å². The number of aliphatic hydroxyl groups excluding tert-OH is 1. The van der Waals surface area contributed by atoms with E-state index in [1.807, 2.05) is 6.92 Å². The Kier molecular flexibility index (Phi) is 5.60. The lowest BCUT2D eigenvalue weighted by Crippen LogP contribution is -2.48. The molecule has 2 amide bonds. The van der Waals surface area contributed by atoms with Crippen LogP contribution in [0.5, 0.6) is 0 Å². The van der Waals surface area contributed by atoms with Gasteiger partial charge in [0.15, 0.2) is 0 Å². The van der Waals surface area contributed by atoms with Crippen LogP contribution in [0.3, 0.4) is 0 Å². The summed E-state index contributed by atoms with van der Waals surface area (Å²) in [6.45, 7) is 6.22. The van der Waals surface area contributed by atoms with Crippen molar-refractivity contribution in [3.63, 3.8) is 0 Å². The van der Waals surface area contributed by atoms with E-state index in [0.717, 1.165) is 12.8 Å². The summed E-state index contributed by atoms with van der Waals surface area (Å²) in [4.78, 5) is 24.2. The number of amides is 2. The molecule has 1 saturated heterocycles. The number of β-amino-alcohol motifs (C(OH)–C–C–N with tert-alkyl or cyclic N) is 1. The van der Waals surface area contributed by atoms with Gasteiger partial charge in [0.05, 0.1) is 6.10 Å². The Hall–Kier alpha value is -1.30. The molecule has 1 aliphatic rings. The third kappa shape index (κ3) is 4.70. The summed E-state index contributed by atoms with van der Waals surface area (Å²) in [7, 11) is 0. The Morgan fingerprint density at radius 1 is 1.32 bits per heavy atom. The van der Waals surface area contributed by atoms with Gasteiger partial charge >= 0.3 is 12.0 Å². The first-order valence-electron chi connectivity index (χ1n) is 6.79. The molecule has 3 atom stereocenters. The van der Waals surface area contributed by atoms with Gasteiger partial charge in [0.2, 0.25) is 0 Å². The minimum absolute atomic E-state index is 0.00193. The van der Waals surface area contributed by atoms with Crippen molar-refractivity contribution in [2.75, 3.05) is 6.54 Å². The zero-order valence-corrected chi connectivity index (χ0v) is 11.8. The molecule has 0 aromatic heterocycles. The molecule has 3 N–H and O–H groups in total. The van der Waals surface area contributed by atoms with Crippen molar-refractivity contribution in [3.05, 3.63) is 0 Å². The fraction of sp³-hybridized carbons (Fsp3) is 0.846. The number of aliphatic carboxylic acids is 1. The van der Waals surface area contributed by atoms with Gasteiger partial charge < -0.3 is 20.4 Å². The van der Waals surface area contributed by atoms with Crippen LogP contribution >= 0.6 is 0 Å². The molecule has 0 aliphatic carbocycles. The zero-order chi connectivity index (χ0) is 14.6. The van der Waals surface area contributed by atoms with E-state index in [0.29, 0.717) is 5.92 Å². The largest absolute Gasteiger partial charge is 0.480 e. The van der Waals surface area contributed by atoms with Crippen LogP contribution in [-0.2, 0) is 4.79 Å². The maximum atomic E-state index is 12.0. The summed E-state index contributed by atoms with van der Waals surface area (Å²) < 4.78 is 0. The third-order valence-corrected chi connectivity index (χ3v) is 3.37. The molecular formula is C13H24N2O4. The predicted molar refractivity (Wildman–Crippen MR) is 70.8 cm³/mol. The summed E-state index contributed by atoms with van der Waals surface area (Å²) in [6.07, 6.45) is 1.21. The van der Waals surface area contributed by atoms with Gasteiger partial charge in [-0.3, -0.25) is 0 Å². The number of aliphatic hydroxyl groups is 1. The van der Waals surface area contributed by atoms with E-state index in [1.165, 1.54) is 4.90 Å². The highest BCUT2D eigenvalue weighted by atomic mass is 16.4. The number of likely N-dealkylation sites (tertiary alicyclic amines) is 1. The number of carbonyl (C=O) groups excluding carboxylic acids is 1. The van der Waals surface area contributed by atoms with Crippen molar-refractivity contribution < 1.29 is 19.8 Å². The SMILES string of the molecule is CC(C)CCC(C)NC(=O)N1CC(O)C[C@H]1C(=O)O. The Morgan fingerprint density at radius 3 is 2.47 bits per heavy atom. The fourth-order valence-corrected chi connectivity index (χ4v) is 2.22. The van der Waals surface area contributed by atoms with E-state index < -0.39 is 24.1 Å². The highest BCUT2D eigenvalue weighted by Gasteiger charge is 2.39. The topological polar surface area (TPSA) is 89.9 Å². The van der Waals surface area contributed by atoms with Gasteiger partial charge in [0.25, 0.3) is 0 Å². The highest BCUT2D eigenvalue weighted by molar-refractivity contribution is 5.83. The van der Waals surface area contributed by atoms with Gasteiger partial charge in [-0.15, -0.1) is 0 Å². The summed E-state index contributed by atoms with van der Waals surface area (Å²) in [5, 5.41) is 21.3. The van der Waals surface area contributed by atoms with Gasteiger partial charge in [-0.2, -0.15) is 0 Å². The molecule has 0 saturated carbocycles. The smallest absolute Gasteiger partial charge is 0.326 e. The summed E-state index contributed by atoms with van der Waals surface area (Å²) >= 11 is 0. The van der Waals surface area contributed by atoms with Gasteiger partial charge in [0, 0.05) is 19.0 Å². The minimum Gasteiger partial charge on any atom is -0.480 e. The van der Waals surface area contributed by atoms with Crippen LogP contribution in [0.2, 0.25) is 0 Å². The lowest BCUT2D eigenvalue weighted by atomic mass is 10.0. The summed E-state index contributed by atoms with van der Waals surface area (Å²) in [5.41, 5.74) is 0. The number of rotatable bonds is 5. The molecule has 0 aromatic rings.